The van der Waals surface area contributed by atoms with Crippen LogP contribution in [0.5, 0.6) is 0 Å². The van der Waals surface area contributed by atoms with Crippen LogP contribution in [0.4, 0.5) is 0 Å². The van der Waals surface area contributed by atoms with Crippen molar-refractivity contribution in [2.24, 2.45) is 34.3 Å². The normalized spacial score (nSPS) is 45.2. The molecule has 0 aliphatic heterocycles. The molecule has 6 unspecified atom stereocenters. The number of allylic oxidation sites excluding steroid dienone is 7. The molecule has 0 amide bonds. The van der Waals surface area contributed by atoms with Crippen molar-refractivity contribution in [2.45, 2.75) is 64.8 Å². The second kappa shape index (κ2) is 7.08. The van der Waals surface area contributed by atoms with Crippen LogP contribution in [0.25, 0.3) is 0 Å². The fourth-order valence-electron chi connectivity index (χ4n) is 7.20. The van der Waals surface area contributed by atoms with Crippen LogP contribution in [-0.2, 0) is 4.79 Å². The van der Waals surface area contributed by atoms with Gasteiger partial charge in [0, 0.05) is 17.0 Å². The zero-order valence-electron chi connectivity index (χ0n) is 17.3. The number of carbonyl (C=O) groups excluding carboxylic acids is 1. The predicted octanol–water partition coefficient (Wildman–Crippen LogP) is 5.56. The minimum absolute atomic E-state index is 0.0933. The highest BCUT2D eigenvalue weighted by atomic mass is 16.1. The molecule has 2 N–H and O–H groups in total. The van der Waals surface area contributed by atoms with Crippen LogP contribution in [0.15, 0.2) is 54.7 Å². The van der Waals surface area contributed by atoms with E-state index in [1.54, 1.807) is 0 Å². The number of hydrogen-bond donors (Lipinski definition) is 1. The molecule has 3 aliphatic carbocycles. The third-order valence-electron chi connectivity index (χ3n) is 8.42. The molecule has 0 bridgehead atoms. The smallest absolute Gasteiger partial charge is 0.124 e. The van der Waals surface area contributed by atoms with Crippen LogP contribution in [0, 0.1) is 28.6 Å². The van der Waals surface area contributed by atoms with Crippen LogP contribution in [0.3, 0.4) is 0 Å². The van der Waals surface area contributed by atoms with Crippen molar-refractivity contribution in [1.82, 2.24) is 0 Å². The van der Waals surface area contributed by atoms with Crippen LogP contribution >= 0.6 is 0 Å². The maximum atomic E-state index is 10.8. The Hall–Kier alpha value is -1.63. The largest absolute Gasteiger partial charge is 0.325 e. The highest BCUT2D eigenvalue weighted by Gasteiger charge is 2.63. The number of fused-ring (bicyclic) bond motifs is 3. The third-order valence-corrected chi connectivity index (χ3v) is 8.42. The molecule has 3 rings (SSSR count). The zero-order valence-corrected chi connectivity index (χ0v) is 17.3. The Morgan fingerprint density at radius 1 is 1.22 bits per heavy atom. The van der Waals surface area contributed by atoms with E-state index in [9.17, 15) is 4.79 Å². The highest BCUT2D eigenvalue weighted by molar-refractivity contribution is 5.50. The molecule has 0 radical (unpaired) electrons. The average molecular weight is 366 g/mol. The van der Waals surface area contributed by atoms with E-state index in [0.29, 0.717) is 17.8 Å². The minimum atomic E-state index is -0.167. The van der Waals surface area contributed by atoms with E-state index in [1.165, 1.54) is 36.5 Å². The molecule has 0 aromatic heterocycles. The summed E-state index contributed by atoms with van der Waals surface area (Å²) in [6, 6.07) is 0. The van der Waals surface area contributed by atoms with Crippen molar-refractivity contribution in [2.75, 3.05) is 0 Å². The lowest BCUT2D eigenvalue weighted by Crippen LogP contribution is -2.66. The lowest BCUT2D eigenvalue weighted by molar-refractivity contribution is -0.0486. The van der Waals surface area contributed by atoms with Gasteiger partial charge in [-0.25, -0.2) is 4.79 Å². The summed E-state index contributed by atoms with van der Waals surface area (Å²) < 4.78 is 0. The van der Waals surface area contributed by atoms with E-state index >= 15 is 0 Å². The summed E-state index contributed by atoms with van der Waals surface area (Å²) in [6.45, 7) is 15.1. The second-order valence-corrected chi connectivity index (χ2v) is 9.43. The maximum Gasteiger partial charge on any atom is 0.124 e. The van der Waals surface area contributed by atoms with E-state index in [-0.39, 0.29) is 16.4 Å². The van der Waals surface area contributed by atoms with Gasteiger partial charge in [-0.3, -0.25) is 0 Å². The Labute approximate surface area is 165 Å². The molecule has 0 spiro atoms. The van der Waals surface area contributed by atoms with Crippen molar-refractivity contribution >= 4 is 5.94 Å². The monoisotopic (exact) mass is 365 g/mol. The van der Waals surface area contributed by atoms with Crippen LogP contribution < -0.4 is 5.73 Å². The molecule has 0 aromatic carbocycles. The Morgan fingerprint density at radius 2 is 1.96 bits per heavy atom. The SMILES string of the molecule is C=CC(=C)C1CCC2C1(C)CCC1C(C)(/C=C\C)/C(=C\C=C=O)CCC12N. The van der Waals surface area contributed by atoms with Gasteiger partial charge < -0.3 is 5.73 Å². The van der Waals surface area contributed by atoms with Crippen molar-refractivity contribution < 1.29 is 4.79 Å². The number of rotatable bonds is 4. The Morgan fingerprint density at radius 3 is 2.59 bits per heavy atom. The van der Waals surface area contributed by atoms with Gasteiger partial charge in [-0.1, -0.05) is 62.5 Å². The Kier molecular flexibility index (Phi) is 5.27. The summed E-state index contributed by atoms with van der Waals surface area (Å²) in [5.74, 6) is 3.33. The summed E-state index contributed by atoms with van der Waals surface area (Å²) in [7, 11) is 0. The van der Waals surface area contributed by atoms with E-state index < -0.39 is 0 Å². The molecule has 3 aliphatic rings. The second-order valence-electron chi connectivity index (χ2n) is 9.43. The van der Waals surface area contributed by atoms with Crippen molar-refractivity contribution in [1.29, 1.82) is 0 Å². The molecule has 146 valence electrons. The van der Waals surface area contributed by atoms with Crippen LogP contribution in [0.2, 0.25) is 0 Å². The average Bonchev–Trinajstić information content (AvgIpc) is 2.99. The standard InChI is InChI=1S/C25H35NO/c1-6-14-23(4)19(9-8-17-27)12-16-25(26)21-11-10-20(18(3)7-2)24(21,5)15-13-22(23)25/h6-9,14,20-22H,2-3,10-13,15-16,26H2,1,4-5H3/b14-6-,19-9-. The van der Waals surface area contributed by atoms with Gasteiger partial charge in [0.25, 0.3) is 0 Å². The molecule has 2 nitrogen and oxygen atoms in total. The molecular weight excluding hydrogens is 330 g/mol. The fraction of sp³-hybridized carbons (Fsp3) is 0.600. The van der Waals surface area contributed by atoms with Crippen molar-refractivity contribution in [3.63, 3.8) is 0 Å². The van der Waals surface area contributed by atoms with Gasteiger partial charge >= 0.3 is 0 Å². The van der Waals surface area contributed by atoms with Gasteiger partial charge in [-0.05, 0) is 68.6 Å². The molecule has 0 heterocycles. The lowest BCUT2D eigenvalue weighted by atomic mass is 9.45. The lowest BCUT2D eigenvalue weighted by Gasteiger charge is -2.62. The summed E-state index contributed by atoms with van der Waals surface area (Å²) in [4.78, 5) is 10.8. The predicted molar refractivity (Wildman–Crippen MR) is 114 cm³/mol. The van der Waals surface area contributed by atoms with E-state index in [4.69, 9.17) is 5.73 Å². The molecule has 27 heavy (non-hydrogen) atoms. The van der Waals surface area contributed by atoms with Gasteiger partial charge in [-0.2, -0.15) is 0 Å². The summed E-state index contributed by atoms with van der Waals surface area (Å²) >= 11 is 0. The number of nitrogens with two attached hydrogens (primary N) is 1. The molecule has 3 fully saturated rings. The van der Waals surface area contributed by atoms with Gasteiger partial charge in [0.15, 0.2) is 0 Å². The van der Waals surface area contributed by atoms with E-state index in [0.717, 1.165) is 19.3 Å². The first kappa shape index (κ1) is 20.1. The Bertz CT molecular complexity index is 739. The first-order chi connectivity index (χ1) is 12.8. The molecule has 3 saturated carbocycles. The molecule has 6 atom stereocenters. The maximum absolute atomic E-state index is 10.8. The van der Waals surface area contributed by atoms with E-state index in [2.05, 4.69) is 46.1 Å². The fourth-order valence-corrected chi connectivity index (χ4v) is 7.20. The Balaban J connectivity index is 2.04. The molecule has 0 saturated heterocycles. The van der Waals surface area contributed by atoms with Crippen molar-refractivity contribution in [3.8, 4) is 0 Å². The van der Waals surface area contributed by atoms with Crippen molar-refractivity contribution in [3.05, 3.63) is 54.7 Å². The van der Waals surface area contributed by atoms with Gasteiger partial charge in [0.1, 0.15) is 5.94 Å². The summed E-state index contributed by atoms with van der Waals surface area (Å²) in [5, 5.41) is 0. The first-order valence-electron chi connectivity index (χ1n) is 10.4. The van der Waals surface area contributed by atoms with Crippen LogP contribution in [0.1, 0.15) is 59.3 Å². The summed E-state index contributed by atoms with van der Waals surface area (Å²) in [5.41, 5.74) is 9.80. The first-order valence-corrected chi connectivity index (χ1v) is 10.4. The van der Waals surface area contributed by atoms with Crippen LogP contribution in [-0.4, -0.2) is 11.5 Å². The molecular formula is C25H35NO. The van der Waals surface area contributed by atoms with Gasteiger partial charge in [0.05, 0.1) is 0 Å². The van der Waals surface area contributed by atoms with E-state index in [1.807, 2.05) is 18.1 Å². The highest BCUT2D eigenvalue weighted by Crippen LogP contribution is 2.67. The third kappa shape index (κ3) is 2.85. The van der Waals surface area contributed by atoms with Gasteiger partial charge in [0.2, 0.25) is 0 Å². The zero-order chi connectivity index (χ0) is 19.9. The number of hydrogen-bond acceptors (Lipinski definition) is 2. The van der Waals surface area contributed by atoms with Gasteiger partial charge in [-0.15, -0.1) is 0 Å². The topological polar surface area (TPSA) is 43.1 Å². The molecule has 2 heteroatoms. The minimum Gasteiger partial charge on any atom is -0.325 e. The quantitative estimate of drug-likeness (QED) is 0.403. The molecule has 0 aromatic rings. The summed E-state index contributed by atoms with van der Waals surface area (Å²) in [6.07, 6.45) is 16.5.